The summed E-state index contributed by atoms with van der Waals surface area (Å²) in [5.41, 5.74) is 4.14. The van der Waals surface area contributed by atoms with Crippen LogP contribution in [0.2, 0.25) is 0 Å². The molecule has 0 bridgehead atoms. The number of benzene rings is 3. The first-order valence-electron chi connectivity index (χ1n) is 12.8. The second kappa shape index (κ2) is 13.4. The lowest BCUT2D eigenvalue weighted by molar-refractivity contribution is 0.223. The maximum atomic E-state index is 9.62. The quantitative estimate of drug-likeness (QED) is 0.205. The lowest BCUT2D eigenvalue weighted by Gasteiger charge is -2.18. The van der Waals surface area contributed by atoms with Gasteiger partial charge in [0.15, 0.2) is 0 Å². The van der Waals surface area contributed by atoms with Gasteiger partial charge in [0.2, 0.25) is 5.95 Å². The van der Waals surface area contributed by atoms with Crippen molar-refractivity contribution in [1.82, 2.24) is 14.9 Å². The highest BCUT2D eigenvalue weighted by molar-refractivity contribution is 5.80. The Kier molecular flexibility index (Phi) is 9.50. The monoisotopic (exact) mass is 513 g/mol. The van der Waals surface area contributed by atoms with Crippen LogP contribution in [0.5, 0.6) is 11.5 Å². The van der Waals surface area contributed by atoms with Crippen molar-refractivity contribution in [1.29, 1.82) is 0 Å². The SMILES string of the molecule is CCN(CC)CCOc1ccc(Nc2ncc(-c3cccc(CO)c3)c(Nc3ccccc3OC)n2)cc1. The summed E-state index contributed by atoms with van der Waals surface area (Å²) in [6.45, 7) is 7.85. The molecule has 3 aromatic carbocycles. The highest BCUT2D eigenvalue weighted by atomic mass is 16.5. The largest absolute Gasteiger partial charge is 0.495 e. The second-order valence-corrected chi connectivity index (χ2v) is 8.66. The van der Waals surface area contributed by atoms with Crippen LogP contribution in [0.4, 0.5) is 23.1 Å². The minimum atomic E-state index is -0.0429. The summed E-state index contributed by atoms with van der Waals surface area (Å²) in [6, 6.07) is 23.1. The summed E-state index contributed by atoms with van der Waals surface area (Å²) >= 11 is 0. The van der Waals surface area contributed by atoms with E-state index in [9.17, 15) is 5.11 Å². The van der Waals surface area contributed by atoms with Crippen molar-refractivity contribution >= 4 is 23.1 Å². The van der Waals surface area contributed by atoms with E-state index in [1.165, 1.54) is 0 Å². The number of hydrogen-bond donors (Lipinski definition) is 3. The molecule has 0 aliphatic carbocycles. The topological polar surface area (TPSA) is 91.8 Å². The maximum absolute atomic E-state index is 9.62. The third-order valence-corrected chi connectivity index (χ3v) is 6.25. The van der Waals surface area contributed by atoms with Gasteiger partial charge >= 0.3 is 0 Å². The molecule has 0 saturated carbocycles. The summed E-state index contributed by atoms with van der Waals surface area (Å²) in [4.78, 5) is 11.7. The number of hydrogen-bond acceptors (Lipinski definition) is 8. The molecule has 198 valence electrons. The van der Waals surface area contributed by atoms with E-state index in [4.69, 9.17) is 14.5 Å². The van der Waals surface area contributed by atoms with Gasteiger partial charge in [-0.05, 0) is 66.7 Å². The Morgan fingerprint density at radius 1 is 0.921 bits per heavy atom. The number of likely N-dealkylation sites (N-methyl/N-ethyl adjacent to an activating group) is 1. The molecular weight excluding hydrogens is 478 g/mol. The zero-order chi connectivity index (χ0) is 26.7. The van der Waals surface area contributed by atoms with Crippen LogP contribution in [-0.4, -0.2) is 53.3 Å². The Balaban J connectivity index is 1.55. The first-order chi connectivity index (χ1) is 18.6. The fourth-order valence-corrected chi connectivity index (χ4v) is 4.06. The van der Waals surface area contributed by atoms with Crippen LogP contribution in [0.3, 0.4) is 0 Å². The van der Waals surface area contributed by atoms with Gasteiger partial charge in [-0.1, -0.05) is 44.2 Å². The van der Waals surface area contributed by atoms with Crippen molar-refractivity contribution in [2.24, 2.45) is 0 Å². The van der Waals surface area contributed by atoms with Gasteiger partial charge in [0.1, 0.15) is 23.9 Å². The molecule has 4 rings (SSSR count). The predicted molar refractivity (Wildman–Crippen MR) is 153 cm³/mol. The third-order valence-electron chi connectivity index (χ3n) is 6.25. The minimum absolute atomic E-state index is 0.0429. The number of rotatable bonds is 13. The van der Waals surface area contributed by atoms with Gasteiger partial charge in [-0.25, -0.2) is 4.98 Å². The van der Waals surface area contributed by atoms with Crippen molar-refractivity contribution in [2.75, 3.05) is 44.0 Å². The van der Waals surface area contributed by atoms with E-state index in [1.807, 2.05) is 72.8 Å². The number of aromatic nitrogens is 2. The Morgan fingerprint density at radius 2 is 1.71 bits per heavy atom. The number of para-hydroxylation sites is 2. The first kappa shape index (κ1) is 26.9. The Labute approximate surface area is 224 Å². The predicted octanol–water partition coefficient (Wildman–Crippen LogP) is 5.85. The third kappa shape index (κ3) is 7.00. The standard InChI is InChI=1S/C30H35N5O3/c1-4-35(5-2)17-18-38-25-15-13-24(14-16-25)32-30-31-20-26(23-10-8-9-22(19-23)21-36)29(34-30)33-27-11-6-7-12-28(27)37-3/h6-16,19-20,36H,4-5,17-18,21H2,1-3H3,(H2,31,32,33,34). The second-order valence-electron chi connectivity index (χ2n) is 8.66. The van der Waals surface area contributed by atoms with Crippen LogP contribution < -0.4 is 20.1 Å². The van der Waals surface area contributed by atoms with Crippen molar-refractivity contribution in [3.63, 3.8) is 0 Å². The summed E-state index contributed by atoms with van der Waals surface area (Å²) in [7, 11) is 1.64. The van der Waals surface area contributed by atoms with Crippen molar-refractivity contribution in [3.05, 3.63) is 84.6 Å². The van der Waals surface area contributed by atoms with Crippen LogP contribution in [0.15, 0.2) is 79.0 Å². The summed E-state index contributed by atoms with van der Waals surface area (Å²) in [5, 5.41) is 16.3. The highest BCUT2D eigenvalue weighted by Gasteiger charge is 2.13. The molecule has 3 N–H and O–H groups in total. The van der Waals surface area contributed by atoms with Gasteiger partial charge in [0.05, 0.1) is 19.4 Å². The lowest BCUT2D eigenvalue weighted by Crippen LogP contribution is -2.27. The molecule has 38 heavy (non-hydrogen) atoms. The molecule has 8 nitrogen and oxygen atoms in total. The summed E-state index contributed by atoms with van der Waals surface area (Å²) < 4.78 is 11.4. The number of aliphatic hydroxyl groups is 1. The molecule has 0 unspecified atom stereocenters. The van der Waals surface area contributed by atoms with Crippen LogP contribution in [0.1, 0.15) is 19.4 Å². The Morgan fingerprint density at radius 3 is 2.45 bits per heavy atom. The number of ether oxygens (including phenoxy) is 2. The lowest BCUT2D eigenvalue weighted by atomic mass is 10.1. The molecule has 1 heterocycles. The normalized spacial score (nSPS) is 10.9. The molecule has 0 aliphatic rings. The average Bonchev–Trinajstić information content (AvgIpc) is 2.96. The minimum Gasteiger partial charge on any atom is -0.495 e. The number of nitrogens with zero attached hydrogens (tertiary/aromatic N) is 3. The van der Waals surface area contributed by atoms with Gasteiger partial charge in [0, 0.05) is 24.0 Å². The fourth-order valence-electron chi connectivity index (χ4n) is 4.06. The molecule has 0 fully saturated rings. The molecule has 4 aromatic rings. The summed E-state index contributed by atoms with van der Waals surface area (Å²) in [6.07, 6.45) is 1.77. The van der Waals surface area contributed by atoms with Crippen molar-refractivity contribution in [2.45, 2.75) is 20.5 Å². The van der Waals surface area contributed by atoms with E-state index in [0.29, 0.717) is 24.1 Å². The molecule has 0 atom stereocenters. The smallest absolute Gasteiger partial charge is 0.229 e. The summed E-state index contributed by atoms with van der Waals surface area (Å²) in [5.74, 6) is 2.58. The van der Waals surface area contributed by atoms with E-state index in [-0.39, 0.29) is 6.61 Å². The van der Waals surface area contributed by atoms with Gasteiger partial charge in [-0.3, -0.25) is 0 Å². The number of anilines is 4. The van der Waals surface area contributed by atoms with E-state index in [2.05, 4.69) is 34.4 Å². The van der Waals surface area contributed by atoms with Crippen LogP contribution in [0.25, 0.3) is 11.1 Å². The van der Waals surface area contributed by atoms with Crippen molar-refractivity contribution < 1.29 is 14.6 Å². The molecule has 0 spiro atoms. The van der Waals surface area contributed by atoms with E-state index in [0.717, 1.165) is 53.4 Å². The first-order valence-corrected chi connectivity index (χ1v) is 12.8. The van der Waals surface area contributed by atoms with Crippen molar-refractivity contribution in [3.8, 4) is 22.6 Å². The molecule has 8 heteroatoms. The van der Waals surface area contributed by atoms with Gasteiger partial charge in [-0.15, -0.1) is 0 Å². The average molecular weight is 514 g/mol. The fraction of sp³-hybridized carbons (Fsp3) is 0.267. The zero-order valence-electron chi connectivity index (χ0n) is 22.1. The van der Waals surface area contributed by atoms with Gasteiger partial charge in [-0.2, -0.15) is 4.98 Å². The van der Waals surface area contributed by atoms with E-state index < -0.39 is 0 Å². The number of nitrogens with one attached hydrogen (secondary N) is 2. The maximum Gasteiger partial charge on any atom is 0.229 e. The molecule has 0 aliphatic heterocycles. The highest BCUT2D eigenvalue weighted by Crippen LogP contribution is 2.33. The Bertz CT molecular complexity index is 1310. The number of methoxy groups -OCH3 is 1. The molecule has 0 saturated heterocycles. The molecule has 1 aromatic heterocycles. The van der Waals surface area contributed by atoms with Gasteiger partial charge in [0.25, 0.3) is 0 Å². The van der Waals surface area contributed by atoms with Crippen LogP contribution in [-0.2, 0) is 6.61 Å². The number of aliphatic hydroxyl groups excluding tert-OH is 1. The van der Waals surface area contributed by atoms with Gasteiger partial charge < -0.3 is 30.1 Å². The molecular formula is C30H35N5O3. The van der Waals surface area contributed by atoms with Crippen LogP contribution in [0, 0.1) is 0 Å². The zero-order valence-corrected chi connectivity index (χ0v) is 22.1. The van der Waals surface area contributed by atoms with E-state index >= 15 is 0 Å². The van der Waals surface area contributed by atoms with E-state index in [1.54, 1.807) is 13.3 Å². The molecule has 0 radical (unpaired) electrons. The van der Waals surface area contributed by atoms with Crippen LogP contribution >= 0.6 is 0 Å². The Hall–Kier alpha value is -4.14. The molecule has 0 amide bonds.